The topological polar surface area (TPSA) is 71.1 Å². The maximum atomic E-state index is 12.5. The minimum Gasteiger partial charge on any atom is -0.351 e. The summed E-state index contributed by atoms with van der Waals surface area (Å²) in [6, 6.07) is 11.3. The van der Waals surface area contributed by atoms with Gasteiger partial charge in [-0.3, -0.25) is 14.6 Å². The molecule has 0 atom stereocenters. The van der Waals surface area contributed by atoms with Crippen molar-refractivity contribution < 1.29 is 9.59 Å². The molecular weight excluding hydrogens is 290 g/mol. The molecule has 1 aromatic carbocycles. The molecule has 1 aliphatic carbocycles. The normalized spacial score (nSPS) is 14.8. The fourth-order valence-corrected chi connectivity index (χ4v) is 2.51. The van der Waals surface area contributed by atoms with Crippen molar-refractivity contribution in [1.82, 2.24) is 10.3 Å². The lowest BCUT2D eigenvalue weighted by atomic mass is 10.0. The third kappa shape index (κ3) is 3.39. The summed E-state index contributed by atoms with van der Waals surface area (Å²) in [6.07, 6.45) is 4.56. The van der Waals surface area contributed by atoms with Crippen molar-refractivity contribution in [3.8, 4) is 0 Å². The largest absolute Gasteiger partial charge is 0.351 e. The lowest BCUT2D eigenvalue weighted by Crippen LogP contribution is -2.39. The molecule has 0 aliphatic heterocycles. The van der Waals surface area contributed by atoms with Crippen LogP contribution < -0.4 is 10.6 Å². The van der Waals surface area contributed by atoms with Gasteiger partial charge in [0.2, 0.25) is 11.8 Å². The van der Waals surface area contributed by atoms with Crippen molar-refractivity contribution in [1.29, 1.82) is 0 Å². The molecule has 0 spiro atoms. The SMILES string of the molecule is Cc1cccc(NC(=O)C2(C(=O)NCc3cccnc3)CC2)c1. The summed E-state index contributed by atoms with van der Waals surface area (Å²) in [5, 5.41) is 5.69. The van der Waals surface area contributed by atoms with Crippen LogP contribution in [0.25, 0.3) is 0 Å². The number of nitrogens with zero attached hydrogens (tertiary/aromatic N) is 1. The smallest absolute Gasteiger partial charge is 0.240 e. The summed E-state index contributed by atoms with van der Waals surface area (Å²) in [7, 11) is 0. The van der Waals surface area contributed by atoms with E-state index in [0.717, 1.165) is 16.8 Å². The van der Waals surface area contributed by atoms with Crippen LogP contribution >= 0.6 is 0 Å². The summed E-state index contributed by atoms with van der Waals surface area (Å²) < 4.78 is 0. The molecule has 0 bridgehead atoms. The highest BCUT2D eigenvalue weighted by Gasteiger charge is 2.56. The van der Waals surface area contributed by atoms with E-state index in [1.807, 2.05) is 43.3 Å². The van der Waals surface area contributed by atoms with E-state index in [4.69, 9.17) is 0 Å². The predicted molar refractivity (Wildman–Crippen MR) is 87.6 cm³/mol. The molecule has 0 radical (unpaired) electrons. The van der Waals surface area contributed by atoms with Crippen molar-refractivity contribution >= 4 is 17.5 Å². The fourth-order valence-electron chi connectivity index (χ4n) is 2.51. The van der Waals surface area contributed by atoms with E-state index in [-0.39, 0.29) is 11.8 Å². The highest BCUT2D eigenvalue weighted by Crippen LogP contribution is 2.46. The number of hydrogen-bond acceptors (Lipinski definition) is 3. The number of carbonyl (C=O) groups excluding carboxylic acids is 2. The maximum Gasteiger partial charge on any atom is 0.240 e. The van der Waals surface area contributed by atoms with E-state index < -0.39 is 5.41 Å². The number of hydrogen-bond donors (Lipinski definition) is 2. The number of rotatable bonds is 5. The van der Waals surface area contributed by atoms with Crippen LogP contribution in [-0.4, -0.2) is 16.8 Å². The molecule has 23 heavy (non-hydrogen) atoms. The third-order valence-electron chi connectivity index (χ3n) is 4.07. The van der Waals surface area contributed by atoms with Crippen molar-refractivity contribution in [2.45, 2.75) is 26.3 Å². The summed E-state index contributed by atoms with van der Waals surface area (Å²) in [5.74, 6) is -0.446. The Balaban J connectivity index is 1.62. The third-order valence-corrected chi connectivity index (χ3v) is 4.07. The van der Waals surface area contributed by atoms with Crippen LogP contribution in [0.4, 0.5) is 5.69 Å². The van der Waals surface area contributed by atoms with Crippen LogP contribution in [0.15, 0.2) is 48.8 Å². The van der Waals surface area contributed by atoms with Gasteiger partial charge in [-0.25, -0.2) is 0 Å². The highest BCUT2D eigenvalue weighted by molar-refractivity contribution is 6.13. The Labute approximate surface area is 135 Å². The Morgan fingerprint density at radius 1 is 1.17 bits per heavy atom. The molecule has 1 fully saturated rings. The van der Waals surface area contributed by atoms with Crippen LogP contribution in [0.5, 0.6) is 0 Å². The zero-order valence-electron chi connectivity index (χ0n) is 13.0. The summed E-state index contributed by atoms with van der Waals surface area (Å²) >= 11 is 0. The van der Waals surface area contributed by atoms with Crippen molar-refractivity contribution in [3.05, 3.63) is 59.9 Å². The van der Waals surface area contributed by atoms with Gasteiger partial charge in [-0.05, 0) is 49.1 Å². The monoisotopic (exact) mass is 309 g/mol. The minimum atomic E-state index is -0.925. The first-order valence-electron chi connectivity index (χ1n) is 7.65. The molecule has 5 heteroatoms. The van der Waals surface area contributed by atoms with E-state index in [2.05, 4.69) is 15.6 Å². The van der Waals surface area contributed by atoms with Gasteiger partial charge >= 0.3 is 0 Å². The van der Waals surface area contributed by atoms with Crippen molar-refractivity contribution in [2.75, 3.05) is 5.32 Å². The average molecular weight is 309 g/mol. The standard InChI is InChI=1S/C18H19N3O2/c1-13-4-2-6-15(10-13)21-17(23)18(7-8-18)16(22)20-12-14-5-3-9-19-11-14/h2-6,9-11H,7-8,12H2,1H3,(H,20,22)(H,21,23). The second kappa shape index (κ2) is 6.20. The van der Waals surface area contributed by atoms with E-state index in [1.54, 1.807) is 12.4 Å². The van der Waals surface area contributed by atoms with Gasteiger partial charge in [-0.2, -0.15) is 0 Å². The molecule has 1 aliphatic rings. The van der Waals surface area contributed by atoms with E-state index in [9.17, 15) is 9.59 Å². The Bertz CT molecular complexity index is 724. The number of aryl methyl sites for hydroxylation is 1. The van der Waals surface area contributed by atoms with Gasteiger partial charge in [0.25, 0.3) is 0 Å². The second-order valence-electron chi connectivity index (χ2n) is 5.95. The number of benzene rings is 1. The van der Waals surface area contributed by atoms with E-state index in [1.165, 1.54) is 0 Å². The number of anilines is 1. The zero-order valence-corrected chi connectivity index (χ0v) is 13.0. The molecule has 3 rings (SSSR count). The van der Waals surface area contributed by atoms with Crippen molar-refractivity contribution in [3.63, 3.8) is 0 Å². The van der Waals surface area contributed by atoms with Gasteiger partial charge in [-0.1, -0.05) is 18.2 Å². The molecule has 1 heterocycles. The second-order valence-corrected chi connectivity index (χ2v) is 5.95. The number of pyridine rings is 1. The number of aromatic nitrogens is 1. The van der Waals surface area contributed by atoms with Crippen LogP contribution in [0, 0.1) is 12.3 Å². The molecule has 1 aromatic heterocycles. The lowest BCUT2D eigenvalue weighted by molar-refractivity contribution is -0.134. The van der Waals surface area contributed by atoms with Gasteiger partial charge < -0.3 is 10.6 Å². The molecule has 0 saturated heterocycles. The minimum absolute atomic E-state index is 0.216. The Kier molecular flexibility index (Phi) is 4.10. The molecule has 0 unspecified atom stereocenters. The van der Waals surface area contributed by atoms with Gasteiger partial charge in [-0.15, -0.1) is 0 Å². The Morgan fingerprint density at radius 3 is 2.65 bits per heavy atom. The zero-order chi connectivity index (χ0) is 16.3. The molecule has 2 N–H and O–H groups in total. The van der Waals surface area contributed by atoms with Crippen LogP contribution in [0.3, 0.4) is 0 Å². The average Bonchev–Trinajstić information content (AvgIpc) is 3.35. The molecule has 2 amide bonds. The maximum absolute atomic E-state index is 12.5. The van der Waals surface area contributed by atoms with E-state index in [0.29, 0.717) is 19.4 Å². The number of nitrogens with one attached hydrogen (secondary N) is 2. The first-order chi connectivity index (χ1) is 11.1. The molecule has 5 nitrogen and oxygen atoms in total. The quantitative estimate of drug-likeness (QED) is 0.833. The summed E-state index contributed by atoms with van der Waals surface area (Å²) in [4.78, 5) is 28.9. The van der Waals surface area contributed by atoms with Crippen molar-refractivity contribution in [2.24, 2.45) is 5.41 Å². The summed E-state index contributed by atoms with van der Waals surface area (Å²) in [6.45, 7) is 2.34. The molecular formula is C18H19N3O2. The first-order valence-corrected chi connectivity index (χ1v) is 7.65. The molecule has 1 saturated carbocycles. The predicted octanol–water partition coefficient (Wildman–Crippen LogP) is 2.43. The Hall–Kier alpha value is -2.69. The van der Waals surface area contributed by atoms with Gasteiger partial charge in [0.1, 0.15) is 5.41 Å². The van der Waals surface area contributed by atoms with Crippen LogP contribution in [0.1, 0.15) is 24.0 Å². The van der Waals surface area contributed by atoms with Gasteiger partial charge in [0, 0.05) is 24.6 Å². The molecule has 2 aromatic rings. The summed E-state index contributed by atoms with van der Waals surface area (Å²) in [5.41, 5.74) is 1.78. The van der Waals surface area contributed by atoms with Crippen LogP contribution in [0.2, 0.25) is 0 Å². The lowest BCUT2D eigenvalue weighted by Gasteiger charge is -2.15. The first kappa shape index (κ1) is 15.2. The molecule has 118 valence electrons. The highest BCUT2D eigenvalue weighted by atomic mass is 16.2. The van der Waals surface area contributed by atoms with E-state index >= 15 is 0 Å². The number of amides is 2. The fraction of sp³-hybridized carbons (Fsp3) is 0.278. The van der Waals surface area contributed by atoms with Crippen LogP contribution in [-0.2, 0) is 16.1 Å². The number of carbonyl (C=O) groups is 2. The van der Waals surface area contributed by atoms with Gasteiger partial charge in [0.05, 0.1) is 0 Å². The van der Waals surface area contributed by atoms with Gasteiger partial charge in [0.15, 0.2) is 0 Å². The Morgan fingerprint density at radius 2 is 2.00 bits per heavy atom.